The maximum absolute atomic E-state index is 11.5. The molecular formula is C9H18N2O. The second-order valence-corrected chi connectivity index (χ2v) is 3.93. The van der Waals surface area contributed by atoms with E-state index in [9.17, 15) is 4.79 Å². The van der Waals surface area contributed by atoms with Crippen LogP contribution in [-0.2, 0) is 4.79 Å². The van der Waals surface area contributed by atoms with Crippen LogP contribution in [0.5, 0.6) is 0 Å². The molecule has 1 aliphatic heterocycles. The zero-order valence-corrected chi connectivity index (χ0v) is 7.92. The van der Waals surface area contributed by atoms with Crippen LogP contribution < -0.4 is 5.73 Å². The van der Waals surface area contributed by atoms with Gasteiger partial charge >= 0.3 is 0 Å². The van der Waals surface area contributed by atoms with Gasteiger partial charge in [0, 0.05) is 13.1 Å². The van der Waals surface area contributed by atoms with E-state index in [-0.39, 0.29) is 11.9 Å². The Bertz CT molecular complexity index is 168. The Morgan fingerprint density at radius 3 is 2.92 bits per heavy atom. The fourth-order valence-electron chi connectivity index (χ4n) is 1.59. The fourth-order valence-corrected chi connectivity index (χ4v) is 1.59. The molecule has 70 valence electrons. The van der Waals surface area contributed by atoms with Crippen molar-refractivity contribution in [2.45, 2.75) is 32.7 Å². The smallest absolute Gasteiger partial charge is 0.239 e. The second kappa shape index (κ2) is 3.90. The van der Waals surface area contributed by atoms with Crippen LogP contribution in [0.4, 0.5) is 0 Å². The van der Waals surface area contributed by atoms with Gasteiger partial charge in [-0.2, -0.15) is 0 Å². The van der Waals surface area contributed by atoms with Gasteiger partial charge in [-0.15, -0.1) is 0 Å². The lowest BCUT2D eigenvalue weighted by molar-refractivity contribution is -0.135. The summed E-state index contributed by atoms with van der Waals surface area (Å²) in [6.45, 7) is 5.98. The topological polar surface area (TPSA) is 46.3 Å². The molecule has 1 amide bonds. The maximum atomic E-state index is 11.5. The summed E-state index contributed by atoms with van der Waals surface area (Å²) in [5, 5.41) is 0. The standard InChI is InChI=1S/C9H18N2O/c1-7(2)6-11-5-3-4-8(10)9(11)12/h7-8H,3-6,10H2,1-2H3. The van der Waals surface area contributed by atoms with Crippen molar-refractivity contribution >= 4 is 5.91 Å². The van der Waals surface area contributed by atoms with Crippen molar-refractivity contribution in [3.63, 3.8) is 0 Å². The molecule has 0 spiro atoms. The van der Waals surface area contributed by atoms with E-state index in [0.717, 1.165) is 25.9 Å². The average Bonchev–Trinajstić information content (AvgIpc) is 1.98. The van der Waals surface area contributed by atoms with Crippen molar-refractivity contribution in [2.24, 2.45) is 11.7 Å². The van der Waals surface area contributed by atoms with Crippen molar-refractivity contribution in [3.8, 4) is 0 Å². The summed E-state index contributed by atoms with van der Waals surface area (Å²) < 4.78 is 0. The van der Waals surface area contributed by atoms with Crippen LogP contribution in [0.2, 0.25) is 0 Å². The Balaban J connectivity index is 2.46. The van der Waals surface area contributed by atoms with E-state index in [2.05, 4.69) is 13.8 Å². The molecule has 1 atom stereocenters. The van der Waals surface area contributed by atoms with E-state index in [1.807, 2.05) is 4.90 Å². The first-order valence-electron chi connectivity index (χ1n) is 4.65. The molecule has 1 aliphatic rings. The zero-order valence-electron chi connectivity index (χ0n) is 7.92. The van der Waals surface area contributed by atoms with E-state index in [1.165, 1.54) is 0 Å². The third-order valence-corrected chi connectivity index (χ3v) is 2.16. The average molecular weight is 170 g/mol. The molecular weight excluding hydrogens is 152 g/mol. The minimum absolute atomic E-state index is 0.134. The lowest BCUT2D eigenvalue weighted by atomic mass is 10.0. The monoisotopic (exact) mass is 170 g/mol. The molecule has 1 unspecified atom stereocenters. The van der Waals surface area contributed by atoms with Crippen molar-refractivity contribution < 1.29 is 4.79 Å². The van der Waals surface area contributed by atoms with Crippen LogP contribution in [0.15, 0.2) is 0 Å². The zero-order chi connectivity index (χ0) is 9.14. The maximum Gasteiger partial charge on any atom is 0.239 e. The summed E-state index contributed by atoms with van der Waals surface area (Å²) in [5.41, 5.74) is 5.65. The van der Waals surface area contributed by atoms with Gasteiger partial charge in [0.1, 0.15) is 0 Å². The number of nitrogens with two attached hydrogens (primary N) is 1. The van der Waals surface area contributed by atoms with Gasteiger partial charge in [-0.05, 0) is 18.8 Å². The molecule has 12 heavy (non-hydrogen) atoms. The van der Waals surface area contributed by atoms with Gasteiger partial charge in [-0.3, -0.25) is 4.79 Å². The minimum atomic E-state index is -0.238. The van der Waals surface area contributed by atoms with Gasteiger partial charge in [-0.1, -0.05) is 13.8 Å². The Morgan fingerprint density at radius 1 is 1.67 bits per heavy atom. The van der Waals surface area contributed by atoms with Gasteiger partial charge in [-0.25, -0.2) is 0 Å². The highest BCUT2D eigenvalue weighted by molar-refractivity contribution is 5.82. The third-order valence-electron chi connectivity index (χ3n) is 2.16. The summed E-state index contributed by atoms with van der Waals surface area (Å²) in [4.78, 5) is 13.3. The number of nitrogens with zero attached hydrogens (tertiary/aromatic N) is 1. The fraction of sp³-hybridized carbons (Fsp3) is 0.889. The Kier molecular flexibility index (Phi) is 3.09. The van der Waals surface area contributed by atoms with Gasteiger partial charge in [0.25, 0.3) is 0 Å². The van der Waals surface area contributed by atoms with Gasteiger partial charge in [0.05, 0.1) is 6.04 Å². The highest BCUT2D eigenvalue weighted by Crippen LogP contribution is 2.11. The van der Waals surface area contributed by atoms with E-state index >= 15 is 0 Å². The lowest BCUT2D eigenvalue weighted by Gasteiger charge is -2.31. The highest BCUT2D eigenvalue weighted by Gasteiger charge is 2.25. The molecule has 0 aromatic heterocycles. The molecule has 0 saturated carbocycles. The van der Waals surface area contributed by atoms with Crippen LogP contribution >= 0.6 is 0 Å². The van der Waals surface area contributed by atoms with Crippen molar-refractivity contribution in [3.05, 3.63) is 0 Å². The molecule has 0 aromatic rings. The number of carbonyl (C=O) groups excluding carboxylic acids is 1. The first kappa shape index (κ1) is 9.52. The summed E-state index contributed by atoms with van der Waals surface area (Å²) in [6.07, 6.45) is 1.91. The Morgan fingerprint density at radius 2 is 2.33 bits per heavy atom. The molecule has 0 radical (unpaired) electrons. The van der Waals surface area contributed by atoms with Crippen molar-refractivity contribution in [2.75, 3.05) is 13.1 Å². The Labute approximate surface area is 73.9 Å². The summed E-state index contributed by atoms with van der Waals surface area (Å²) >= 11 is 0. The molecule has 1 rings (SSSR count). The minimum Gasteiger partial charge on any atom is -0.341 e. The number of likely N-dealkylation sites (tertiary alicyclic amines) is 1. The van der Waals surface area contributed by atoms with Crippen LogP contribution in [0, 0.1) is 5.92 Å². The van der Waals surface area contributed by atoms with Crippen LogP contribution in [0.1, 0.15) is 26.7 Å². The molecule has 3 nitrogen and oxygen atoms in total. The number of hydrogen-bond donors (Lipinski definition) is 1. The number of carbonyl (C=O) groups is 1. The van der Waals surface area contributed by atoms with Crippen molar-refractivity contribution in [1.82, 2.24) is 4.90 Å². The number of hydrogen-bond acceptors (Lipinski definition) is 2. The van der Waals surface area contributed by atoms with E-state index in [1.54, 1.807) is 0 Å². The van der Waals surface area contributed by atoms with E-state index < -0.39 is 0 Å². The first-order valence-corrected chi connectivity index (χ1v) is 4.65. The van der Waals surface area contributed by atoms with Crippen LogP contribution in [0.3, 0.4) is 0 Å². The van der Waals surface area contributed by atoms with Crippen LogP contribution in [0.25, 0.3) is 0 Å². The number of amides is 1. The van der Waals surface area contributed by atoms with Crippen molar-refractivity contribution in [1.29, 1.82) is 0 Å². The molecule has 0 bridgehead atoms. The number of rotatable bonds is 2. The Hall–Kier alpha value is -0.570. The predicted octanol–water partition coefficient (Wildman–Crippen LogP) is 0.592. The molecule has 0 aliphatic carbocycles. The van der Waals surface area contributed by atoms with Gasteiger partial charge < -0.3 is 10.6 Å². The van der Waals surface area contributed by atoms with E-state index in [0.29, 0.717) is 5.92 Å². The SMILES string of the molecule is CC(C)CN1CCCC(N)C1=O. The largest absolute Gasteiger partial charge is 0.341 e. The first-order chi connectivity index (χ1) is 5.61. The molecule has 1 heterocycles. The summed E-state index contributed by atoms with van der Waals surface area (Å²) in [7, 11) is 0. The predicted molar refractivity (Wildman–Crippen MR) is 48.6 cm³/mol. The molecule has 0 aromatic carbocycles. The van der Waals surface area contributed by atoms with Gasteiger partial charge in [0.15, 0.2) is 0 Å². The second-order valence-electron chi connectivity index (χ2n) is 3.93. The molecule has 1 saturated heterocycles. The normalized spacial score (nSPS) is 25.2. The molecule has 2 N–H and O–H groups in total. The highest BCUT2D eigenvalue weighted by atomic mass is 16.2. The van der Waals surface area contributed by atoms with Crippen LogP contribution in [-0.4, -0.2) is 29.9 Å². The third kappa shape index (κ3) is 2.21. The summed E-state index contributed by atoms with van der Waals surface area (Å²) in [6, 6.07) is -0.238. The number of piperidine rings is 1. The van der Waals surface area contributed by atoms with Gasteiger partial charge in [0.2, 0.25) is 5.91 Å². The molecule has 3 heteroatoms. The van der Waals surface area contributed by atoms with E-state index in [4.69, 9.17) is 5.73 Å². The summed E-state index contributed by atoms with van der Waals surface area (Å²) in [5.74, 6) is 0.675. The quantitative estimate of drug-likeness (QED) is 0.659. The molecule has 1 fully saturated rings. The lowest BCUT2D eigenvalue weighted by Crippen LogP contribution is -2.49.